The first-order valence-corrected chi connectivity index (χ1v) is 7.43. The molecule has 1 heterocycles. The number of hydrogen-bond donors (Lipinski definition) is 1. The molecule has 0 spiro atoms. The van der Waals surface area contributed by atoms with E-state index in [9.17, 15) is 4.79 Å². The molecule has 1 aliphatic rings. The van der Waals surface area contributed by atoms with Gasteiger partial charge in [0.25, 0.3) is 5.56 Å². The summed E-state index contributed by atoms with van der Waals surface area (Å²) in [7, 11) is 0. The number of rotatable bonds is 4. The van der Waals surface area contributed by atoms with Gasteiger partial charge in [0.05, 0.1) is 5.54 Å². The van der Waals surface area contributed by atoms with Crippen molar-refractivity contribution in [2.75, 3.05) is 0 Å². The van der Waals surface area contributed by atoms with Gasteiger partial charge in [-0.25, -0.2) is 4.68 Å². The third kappa shape index (κ3) is 3.84. The van der Waals surface area contributed by atoms with Crippen molar-refractivity contribution in [3.63, 3.8) is 0 Å². The molecular weight excluding hydrogens is 304 g/mol. The zero-order valence-electron chi connectivity index (χ0n) is 14.3. The van der Waals surface area contributed by atoms with Crippen LogP contribution in [0.5, 0.6) is 0 Å². The molecular formula is C17H30FeN2O. The van der Waals surface area contributed by atoms with Gasteiger partial charge in [0, 0.05) is 17.2 Å². The molecule has 1 atom stereocenters. The summed E-state index contributed by atoms with van der Waals surface area (Å²) >= 11 is 0. The molecule has 0 radical (unpaired) electrons. The van der Waals surface area contributed by atoms with E-state index >= 15 is 0 Å². The van der Waals surface area contributed by atoms with Crippen molar-refractivity contribution in [2.24, 2.45) is 5.92 Å². The molecule has 0 saturated heterocycles. The Morgan fingerprint density at radius 1 is 1.38 bits per heavy atom. The van der Waals surface area contributed by atoms with Gasteiger partial charge in [-0.15, -0.1) is 0 Å². The van der Waals surface area contributed by atoms with Gasteiger partial charge >= 0.3 is 17.1 Å². The van der Waals surface area contributed by atoms with Crippen molar-refractivity contribution in [2.45, 2.75) is 71.3 Å². The molecule has 1 fully saturated rings. The van der Waals surface area contributed by atoms with Crippen LogP contribution in [0, 0.1) is 19.8 Å². The molecule has 1 N–H and O–H groups in total. The summed E-state index contributed by atoms with van der Waals surface area (Å²) in [5.74, 6) is 0.642. The Morgan fingerprint density at radius 3 is 2.48 bits per heavy atom. The van der Waals surface area contributed by atoms with E-state index in [2.05, 4.69) is 46.1 Å². The van der Waals surface area contributed by atoms with E-state index in [1.807, 2.05) is 0 Å². The van der Waals surface area contributed by atoms with E-state index in [4.69, 9.17) is 0 Å². The number of hydrogen-bond acceptors (Lipinski definition) is 1. The monoisotopic (exact) mass is 334 g/mol. The maximum absolute atomic E-state index is 12.2. The van der Waals surface area contributed by atoms with Crippen molar-refractivity contribution in [3.05, 3.63) is 36.0 Å². The first kappa shape index (κ1) is 20.5. The number of nitrogens with one attached hydrogen (secondary N) is 1. The molecule has 1 unspecified atom stereocenters. The van der Waals surface area contributed by atoms with E-state index in [-0.39, 0.29) is 41.0 Å². The normalized spacial score (nSPS) is 19.0. The van der Waals surface area contributed by atoms with Gasteiger partial charge in [-0.1, -0.05) is 33.1 Å². The topological polar surface area (TPSA) is 37.8 Å². The predicted octanol–water partition coefficient (Wildman–Crippen LogP) is 4.05. The molecule has 2 rings (SSSR count). The van der Waals surface area contributed by atoms with E-state index < -0.39 is 0 Å². The number of aromatic amines is 1. The fourth-order valence-corrected chi connectivity index (χ4v) is 2.96. The van der Waals surface area contributed by atoms with Crippen molar-refractivity contribution in [1.82, 2.24) is 9.78 Å². The van der Waals surface area contributed by atoms with E-state index in [1.54, 1.807) is 10.7 Å². The second kappa shape index (κ2) is 7.19. The standard InChI is InChI=1S/C16H27N2O.CH3.Fe/c1-6-15(2,3)18-14(19)11-13(17-18)16(4,5)12-9-7-8-10-12;;/h7,11-12,17H,6,8-10H2,1-5H3;1H3;/q2*-1;+2. The molecule has 0 aliphatic heterocycles. The van der Waals surface area contributed by atoms with E-state index in [0.717, 1.165) is 18.5 Å². The van der Waals surface area contributed by atoms with Crippen molar-refractivity contribution < 1.29 is 17.1 Å². The Hall–Kier alpha value is -0.471. The van der Waals surface area contributed by atoms with Crippen LogP contribution in [0.25, 0.3) is 0 Å². The molecule has 21 heavy (non-hydrogen) atoms. The smallest absolute Gasteiger partial charge is 0.358 e. The minimum Gasteiger partial charge on any atom is -0.358 e. The third-order valence-electron chi connectivity index (χ3n) is 5.08. The summed E-state index contributed by atoms with van der Waals surface area (Å²) in [6.45, 7) is 10.8. The Bertz CT molecular complexity index is 493. The quantitative estimate of drug-likeness (QED) is 0.655. The fourth-order valence-electron chi connectivity index (χ4n) is 2.96. The minimum absolute atomic E-state index is 0. The molecule has 4 heteroatoms. The molecule has 0 amide bonds. The van der Waals surface area contributed by atoms with Crippen LogP contribution in [0.3, 0.4) is 0 Å². The van der Waals surface area contributed by atoms with Crippen molar-refractivity contribution in [1.29, 1.82) is 0 Å². The van der Waals surface area contributed by atoms with Crippen LogP contribution < -0.4 is 5.56 Å². The average Bonchev–Trinajstić information content (AvgIpc) is 2.97. The van der Waals surface area contributed by atoms with Crippen molar-refractivity contribution >= 4 is 0 Å². The molecule has 1 aliphatic carbocycles. The second-order valence-corrected chi connectivity index (χ2v) is 7.03. The first-order valence-electron chi connectivity index (χ1n) is 7.43. The van der Waals surface area contributed by atoms with E-state index in [0.29, 0.717) is 5.92 Å². The molecule has 1 saturated carbocycles. The maximum Gasteiger partial charge on any atom is 2.00 e. The average molecular weight is 334 g/mol. The summed E-state index contributed by atoms with van der Waals surface area (Å²) in [5.41, 5.74) is 1.07. The van der Waals surface area contributed by atoms with Crippen LogP contribution in [0.4, 0.5) is 0 Å². The Labute approximate surface area is 140 Å². The van der Waals surface area contributed by atoms with Gasteiger partial charge in [-0.05, 0) is 20.3 Å². The fraction of sp³-hybridized carbons (Fsp3) is 0.706. The molecule has 0 aromatic carbocycles. The summed E-state index contributed by atoms with van der Waals surface area (Å²) < 4.78 is 1.79. The summed E-state index contributed by atoms with van der Waals surface area (Å²) in [5, 5.41) is 3.38. The van der Waals surface area contributed by atoms with Gasteiger partial charge in [0.1, 0.15) is 0 Å². The summed E-state index contributed by atoms with van der Waals surface area (Å²) in [4.78, 5) is 12.2. The zero-order chi connectivity index (χ0) is 14.3. The van der Waals surface area contributed by atoms with Gasteiger partial charge in [0.2, 0.25) is 0 Å². The van der Waals surface area contributed by atoms with Crippen LogP contribution in [-0.4, -0.2) is 9.78 Å². The van der Waals surface area contributed by atoms with Crippen LogP contribution in [0.2, 0.25) is 0 Å². The SMILES string of the molecule is CCC(C)(C)n1[nH]c(C(C)(C)C2C[CH-]CC2)cc1=O.[CH3-].[Fe+2]. The number of H-pyrrole nitrogens is 1. The second-order valence-electron chi connectivity index (χ2n) is 7.03. The summed E-state index contributed by atoms with van der Waals surface area (Å²) in [6, 6.07) is 1.80. The van der Waals surface area contributed by atoms with E-state index in [1.165, 1.54) is 12.8 Å². The number of nitrogens with zero attached hydrogens (tertiary/aromatic N) is 1. The van der Waals surface area contributed by atoms with Gasteiger partial charge in [-0.3, -0.25) is 9.89 Å². The zero-order valence-corrected chi connectivity index (χ0v) is 15.4. The minimum atomic E-state index is -0.146. The first-order chi connectivity index (χ1) is 8.79. The van der Waals surface area contributed by atoms with Crippen LogP contribution >= 0.6 is 0 Å². The van der Waals surface area contributed by atoms with Gasteiger partial charge in [0.15, 0.2) is 0 Å². The Morgan fingerprint density at radius 2 is 2.00 bits per heavy atom. The largest absolute Gasteiger partial charge is 2.00 e. The summed E-state index contributed by atoms with van der Waals surface area (Å²) in [6.07, 6.45) is 6.91. The third-order valence-corrected chi connectivity index (χ3v) is 5.08. The molecule has 122 valence electrons. The van der Waals surface area contributed by atoms with Crippen LogP contribution in [-0.2, 0) is 28.0 Å². The van der Waals surface area contributed by atoms with Gasteiger partial charge in [-0.2, -0.15) is 12.8 Å². The Balaban J connectivity index is 0.00000200. The molecule has 1 aromatic rings. The van der Waals surface area contributed by atoms with Gasteiger partial charge < -0.3 is 13.8 Å². The maximum atomic E-state index is 12.2. The van der Waals surface area contributed by atoms with Crippen LogP contribution in [0.1, 0.15) is 66.0 Å². The number of aromatic nitrogens is 2. The molecule has 1 aromatic heterocycles. The molecule has 3 nitrogen and oxygen atoms in total. The molecule has 0 bridgehead atoms. The van der Waals surface area contributed by atoms with Crippen LogP contribution in [0.15, 0.2) is 10.9 Å². The van der Waals surface area contributed by atoms with Crippen molar-refractivity contribution in [3.8, 4) is 0 Å². The Kier molecular flexibility index (Phi) is 7.03. The predicted molar refractivity (Wildman–Crippen MR) is 85.7 cm³/mol.